The minimum atomic E-state index is -0.159. The molecule has 0 saturated carbocycles. The van der Waals surface area contributed by atoms with Gasteiger partial charge in [0.15, 0.2) is 11.5 Å². The quantitative estimate of drug-likeness (QED) is 0.826. The van der Waals surface area contributed by atoms with Crippen LogP contribution >= 0.6 is 0 Å². The highest BCUT2D eigenvalue weighted by Crippen LogP contribution is 2.48. The van der Waals surface area contributed by atoms with E-state index in [0.717, 1.165) is 23.1 Å². The van der Waals surface area contributed by atoms with Crippen molar-refractivity contribution in [2.24, 2.45) is 0 Å². The number of fused-ring (bicyclic) bond motifs is 3. The van der Waals surface area contributed by atoms with Gasteiger partial charge in [-0.05, 0) is 44.0 Å². The summed E-state index contributed by atoms with van der Waals surface area (Å²) < 4.78 is 17.7. The molecule has 1 saturated heterocycles. The first-order valence-corrected chi connectivity index (χ1v) is 9.40. The Morgan fingerprint density at radius 3 is 2.89 bits per heavy atom. The Hall–Kier alpha value is -2.80. The maximum absolute atomic E-state index is 11.4. The van der Waals surface area contributed by atoms with Gasteiger partial charge in [0, 0.05) is 30.3 Å². The number of carbonyl (C=O) groups excluding carboxylic acids is 1. The van der Waals surface area contributed by atoms with Gasteiger partial charge in [0.1, 0.15) is 19.0 Å². The first kappa shape index (κ1) is 18.6. The molecule has 1 amide bonds. The van der Waals surface area contributed by atoms with Crippen LogP contribution in [-0.2, 0) is 11.4 Å². The monoisotopic (exact) mass is 383 g/mol. The second-order valence-corrected chi connectivity index (χ2v) is 7.77. The van der Waals surface area contributed by atoms with Gasteiger partial charge in [-0.15, -0.1) is 0 Å². The predicted octanol–water partition coefficient (Wildman–Crippen LogP) is 3.13. The van der Waals surface area contributed by atoms with Gasteiger partial charge in [0.2, 0.25) is 11.7 Å². The number of hydrogen-bond acceptors (Lipinski definition) is 6. The summed E-state index contributed by atoms with van der Waals surface area (Å²) in [6, 6.07) is 6.24. The normalized spacial score (nSPS) is 22.2. The fourth-order valence-corrected chi connectivity index (χ4v) is 4.04. The summed E-state index contributed by atoms with van der Waals surface area (Å²) in [5, 5.41) is 6.21. The maximum atomic E-state index is 11.4. The van der Waals surface area contributed by atoms with Crippen LogP contribution in [0, 0.1) is 0 Å². The average molecular weight is 383 g/mol. The zero-order valence-electron chi connectivity index (χ0n) is 16.6. The molecule has 0 spiro atoms. The van der Waals surface area contributed by atoms with Crippen LogP contribution < -0.4 is 24.8 Å². The zero-order valence-corrected chi connectivity index (χ0v) is 16.6. The number of nitrogens with zero attached hydrogens (tertiary/aromatic N) is 1. The van der Waals surface area contributed by atoms with Crippen LogP contribution in [0.1, 0.15) is 32.8 Å². The van der Waals surface area contributed by atoms with E-state index >= 15 is 0 Å². The summed E-state index contributed by atoms with van der Waals surface area (Å²) in [5.41, 5.74) is 2.79. The third kappa shape index (κ3) is 3.38. The Kier molecular flexibility index (Phi) is 4.63. The first-order valence-electron chi connectivity index (χ1n) is 9.40. The smallest absolute Gasteiger partial charge is 0.222 e. The molecule has 3 heterocycles. The zero-order chi connectivity index (χ0) is 19.9. The van der Waals surface area contributed by atoms with E-state index in [1.807, 2.05) is 18.2 Å². The number of nitrogens with one attached hydrogen (secondary N) is 2. The van der Waals surface area contributed by atoms with Gasteiger partial charge in [-0.25, -0.2) is 4.98 Å². The van der Waals surface area contributed by atoms with E-state index in [9.17, 15) is 4.79 Å². The summed E-state index contributed by atoms with van der Waals surface area (Å²) in [6.07, 6.45) is 2.80. The third-order valence-electron chi connectivity index (χ3n) is 5.13. The molecular weight excluding hydrogens is 358 g/mol. The maximum Gasteiger partial charge on any atom is 0.222 e. The third-order valence-corrected chi connectivity index (χ3v) is 5.13. The van der Waals surface area contributed by atoms with Gasteiger partial charge in [-0.2, -0.15) is 0 Å². The summed E-state index contributed by atoms with van der Waals surface area (Å²) in [7, 11) is 1.61. The van der Waals surface area contributed by atoms with Crippen LogP contribution in [0.5, 0.6) is 17.2 Å². The molecule has 2 aliphatic rings. The number of benzene rings is 1. The van der Waals surface area contributed by atoms with Crippen LogP contribution in [0.15, 0.2) is 24.4 Å². The van der Waals surface area contributed by atoms with Gasteiger partial charge in [-0.3, -0.25) is 4.79 Å². The van der Waals surface area contributed by atoms with Crippen LogP contribution in [0.25, 0.3) is 11.1 Å². The van der Waals surface area contributed by atoms with Crippen molar-refractivity contribution in [3.05, 3.63) is 30.0 Å². The van der Waals surface area contributed by atoms with Crippen LogP contribution in [0.2, 0.25) is 0 Å². The number of rotatable bonds is 5. The van der Waals surface area contributed by atoms with Gasteiger partial charge >= 0.3 is 0 Å². The second kappa shape index (κ2) is 6.98. The highest BCUT2D eigenvalue weighted by Gasteiger charge is 2.38. The number of hydrogen-bond donors (Lipinski definition) is 2. The molecule has 2 N–H and O–H groups in total. The molecule has 2 aromatic rings. The number of anilines is 1. The Bertz CT molecular complexity index is 922. The molecule has 7 heteroatoms. The van der Waals surface area contributed by atoms with Gasteiger partial charge in [0.25, 0.3) is 0 Å². The predicted molar refractivity (Wildman–Crippen MR) is 106 cm³/mol. The van der Waals surface area contributed by atoms with Gasteiger partial charge in [0.05, 0.1) is 12.6 Å². The number of amides is 1. The Labute approximate surface area is 164 Å². The van der Waals surface area contributed by atoms with Crippen molar-refractivity contribution in [3.63, 3.8) is 0 Å². The molecule has 0 aliphatic carbocycles. The van der Waals surface area contributed by atoms with Crippen molar-refractivity contribution >= 4 is 11.7 Å². The van der Waals surface area contributed by atoms with Crippen LogP contribution in [0.4, 0.5) is 5.82 Å². The van der Waals surface area contributed by atoms with E-state index in [0.29, 0.717) is 42.3 Å². The lowest BCUT2D eigenvalue weighted by molar-refractivity contribution is -0.114. The SMILES string of the molecule is COc1c(OCC2(C)CC(C)N2)ccc2c1OCc1cnc(NC(C)=O)cc1-2. The minimum Gasteiger partial charge on any atom is -0.490 e. The largest absolute Gasteiger partial charge is 0.490 e. The molecule has 2 atom stereocenters. The fourth-order valence-electron chi connectivity index (χ4n) is 4.04. The topological polar surface area (TPSA) is 81.7 Å². The average Bonchev–Trinajstić information content (AvgIpc) is 2.64. The summed E-state index contributed by atoms with van der Waals surface area (Å²) in [5.74, 6) is 2.23. The Morgan fingerprint density at radius 1 is 1.43 bits per heavy atom. The molecule has 4 rings (SSSR count). The fraction of sp³-hybridized carbons (Fsp3) is 0.429. The number of ether oxygens (including phenoxy) is 3. The van der Waals surface area contributed by atoms with Gasteiger partial charge in [-0.1, -0.05) is 0 Å². The Morgan fingerprint density at radius 2 is 2.21 bits per heavy atom. The molecule has 148 valence electrons. The van der Waals surface area contributed by atoms with Gasteiger partial charge < -0.3 is 24.8 Å². The molecule has 28 heavy (non-hydrogen) atoms. The lowest BCUT2D eigenvalue weighted by atomic mass is 9.85. The van der Waals surface area contributed by atoms with E-state index in [-0.39, 0.29) is 11.4 Å². The van der Waals surface area contributed by atoms with Crippen LogP contribution in [-0.4, -0.2) is 36.2 Å². The van der Waals surface area contributed by atoms with Crippen LogP contribution in [0.3, 0.4) is 0 Å². The number of carbonyl (C=O) groups is 1. The Balaban J connectivity index is 1.64. The second-order valence-electron chi connectivity index (χ2n) is 7.77. The molecule has 7 nitrogen and oxygen atoms in total. The lowest BCUT2D eigenvalue weighted by Crippen LogP contribution is -2.63. The lowest BCUT2D eigenvalue weighted by Gasteiger charge is -2.45. The highest BCUT2D eigenvalue weighted by molar-refractivity contribution is 5.89. The standard InChI is InChI=1S/C21H25N3O4/c1-12-8-21(3,24-12)11-28-17-6-5-15-16-7-18(23-13(2)25)22-9-14(16)10-27-19(15)20(17)26-4/h5-7,9,12,24H,8,10-11H2,1-4H3,(H,22,23,25). The van der Waals surface area contributed by atoms with Crippen molar-refractivity contribution in [1.29, 1.82) is 0 Å². The van der Waals surface area contributed by atoms with E-state index in [2.05, 4.69) is 29.5 Å². The molecule has 2 unspecified atom stereocenters. The molecule has 0 bridgehead atoms. The van der Waals surface area contributed by atoms with E-state index < -0.39 is 0 Å². The molecule has 1 aromatic heterocycles. The number of pyridine rings is 1. The van der Waals surface area contributed by atoms with Crippen molar-refractivity contribution < 1.29 is 19.0 Å². The van der Waals surface area contributed by atoms with E-state index in [4.69, 9.17) is 14.2 Å². The summed E-state index contributed by atoms with van der Waals surface area (Å²) in [6.45, 7) is 6.72. The van der Waals surface area contributed by atoms with E-state index in [1.165, 1.54) is 6.92 Å². The molecule has 1 aromatic carbocycles. The molecular formula is C21H25N3O4. The number of methoxy groups -OCH3 is 1. The molecule has 1 fully saturated rings. The van der Waals surface area contributed by atoms with Crippen molar-refractivity contribution in [2.75, 3.05) is 19.0 Å². The summed E-state index contributed by atoms with van der Waals surface area (Å²) >= 11 is 0. The number of aromatic nitrogens is 1. The molecule has 0 radical (unpaired) electrons. The summed E-state index contributed by atoms with van der Waals surface area (Å²) in [4.78, 5) is 15.6. The van der Waals surface area contributed by atoms with E-state index in [1.54, 1.807) is 13.3 Å². The molecule has 2 aliphatic heterocycles. The first-order chi connectivity index (χ1) is 13.4. The van der Waals surface area contributed by atoms with Crippen molar-refractivity contribution in [2.45, 2.75) is 45.4 Å². The van der Waals surface area contributed by atoms with Crippen molar-refractivity contribution in [3.8, 4) is 28.4 Å². The minimum absolute atomic E-state index is 0.0211. The van der Waals surface area contributed by atoms with Crippen molar-refractivity contribution in [1.82, 2.24) is 10.3 Å². The highest BCUT2D eigenvalue weighted by atomic mass is 16.5.